The molecule has 1 aromatic carbocycles. The van der Waals surface area contributed by atoms with Crippen molar-refractivity contribution in [2.24, 2.45) is 5.92 Å². The van der Waals surface area contributed by atoms with Gasteiger partial charge < -0.3 is 10.5 Å². The van der Waals surface area contributed by atoms with Crippen LogP contribution >= 0.6 is 0 Å². The van der Waals surface area contributed by atoms with Crippen LogP contribution in [-0.2, 0) is 37.5 Å². The van der Waals surface area contributed by atoms with E-state index in [-0.39, 0.29) is 51.0 Å². The molecule has 3 heteroatoms. The molecule has 0 fully saturated rings. The first-order chi connectivity index (χ1) is 6.18. The quantitative estimate of drug-likeness (QED) is 0.812. The normalized spacial score (nSPS) is 8.29. The Morgan fingerprint density at radius 3 is 1.43 bits per heavy atom. The number of rotatable bonds is 2. The van der Waals surface area contributed by atoms with Gasteiger partial charge in [-0.05, 0) is 0 Å². The average molecular weight is 267 g/mol. The van der Waals surface area contributed by atoms with Gasteiger partial charge in [0.05, 0.1) is 0 Å². The van der Waals surface area contributed by atoms with Gasteiger partial charge in [-0.1, -0.05) is 56.8 Å². The molecule has 1 aromatic rings. The molecule has 1 N–H and O–H groups in total. The van der Waals surface area contributed by atoms with Gasteiger partial charge in [0, 0.05) is 38.6 Å². The maximum absolute atomic E-state index is 10.3. The maximum atomic E-state index is 10.3. The van der Waals surface area contributed by atoms with Crippen LogP contribution in [0.1, 0.15) is 13.8 Å². The molecule has 0 amide bonds. The number of hydrogen-bond donors (Lipinski definition) is 0. The fourth-order valence-corrected chi connectivity index (χ4v) is 0.589. The Morgan fingerprint density at radius 2 is 1.36 bits per heavy atom. The number of hydrogen-bond acceptors (Lipinski definition) is 1. The Hall–Kier alpha value is -0.0461. The first-order valence-electron chi connectivity index (χ1n) is 4.35. The first-order valence-corrected chi connectivity index (χ1v) is 4.35. The summed E-state index contributed by atoms with van der Waals surface area (Å²) in [7, 11) is 0. The van der Waals surface area contributed by atoms with Crippen LogP contribution in [0.4, 0.5) is 0 Å². The van der Waals surface area contributed by atoms with Crippen molar-refractivity contribution in [1.29, 1.82) is 0 Å². The summed E-state index contributed by atoms with van der Waals surface area (Å²) in [6.45, 7) is 3.53. The van der Waals surface area contributed by atoms with E-state index in [1.54, 1.807) is 13.8 Å². The summed E-state index contributed by atoms with van der Waals surface area (Å²) in [5.41, 5.74) is 6.59. The van der Waals surface area contributed by atoms with Crippen LogP contribution in [0.2, 0.25) is 0 Å². The van der Waals surface area contributed by atoms with E-state index in [9.17, 15) is 4.79 Å². The number of nitrogens with one attached hydrogen (secondary N) is 1. The molecule has 0 bridgehead atoms. The molecule has 0 aliphatic heterocycles. The molecule has 14 heavy (non-hydrogen) atoms. The minimum absolute atomic E-state index is 0. The van der Waals surface area contributed by atoms with Crippen LogP contribution in [0, 0.1) is 5.92 Å². The Kier molecular flexibility index (Phi) is 12.9. The molecule has 1 rings (SSSR count). The van der Waals surface area contributed by atoms with Crippen LogP contribution in [0.15, 0.2) is 36.4 Å². The van der Waals surface area contributed by atoms with Crippen molar-refractivity contribution in [3.05, 3.63) is 42.1 Å². The van der Waals surface area contributed by atoms with E-state index < -0.39 is 0 Å². The summed E-state index contributed by atoms with van der Waals surface area (Å²) in [6.07, 6.45) is 0. The molecule has 0 saturated heterocycles. The van der Waals surface area contributed by atoms with Gasteiger partial charge in [-0.25, -0.2) is 0 Å². The van der Waals surface area contributed by atoms with Crippen molar-refractivity contribution in [2.75, 3.05) is 6.54 Å². The minimum Gasteiger partial charge on any atom is -0.671 e. The fourth-order valence-electron chi connectivity index (χ4n) is 0.589. The smallest absolute Gasteiger partial charge is 0.114 e. The zero-order valence-electron chi connectivity index (χ0n) is 8.73. The minimum atomic E-state index is -0.0718. The van der Waals surface area contributed by atoms with E-state index in [2.05, 4.69) is 0 Å². The second-order valence-corrected chi connectivity index (χ2v) is 2.95. The molecular formula is C11H16NOY-. The summed E-state index contributed by atoms with van der Waals surface area (Å²) >= 11 is 0. The monoisotopic (exact) mass is 267 g/mol. The zero-order chi connectivity index (χ0) is 10.1. The molecule has 1 radical (unpaired) electrons. The number of Topliss-reactive ketones (excluding diaryl/α,β-unsaturated/α-hetero) is 1. The number of benzene rings is 1. The standard InChI is InChI=1S/C6H6.C5H10NO.Y/c1-2-4-6-5-3-1;1-4(2)5(7)3-6;/h1-6H;4,6H,3H2,1-2H3;/q;-1;. The largest absolute Gasteiger partial charge is 0.671 e. The number of ketones is 1. The summed E-state index contributed by atoms with van der Waals surface area (Å²) < 4.78 is 0. The van der Waals surface area contributed by atoms with Crippen molar-refractivity contribution >= 4 is 5.78 Å². The van der Waals surface area contributed by atoms with Crippen LogP contribution < -0.4 is 0 Å². The molecule has 0 aliphatic carbocycles. The molecule has 2 nitrogen and oxygen atoms in total. The van der Waals surface area contributed by atoms with Gasteiger partial charge in [0.25, 0.3) is 0 Å². The Morgan fingerprint density at radius 1 is 1.07 bits per heavy atom. The fraction of sp³-hybridized carbons (Fsp3) is 0.364. The van der Waals surface area contributed by atoms with Crippen LogP contribution in [0.5, 0.6) is 0 Å². The molecule has 0 heterocycles. The number of carbonyl (C=O) groups is 1. The topological polar surface area (TPSA) is 40.9 Å². The van der Waals surface area contributed by atoms with Crippen molar-refractivity contribution in [2.45, 2.75) is 13.8 Å². The van der Waals surface area contributed by atoms with E-state index in [1.807, 2.05) is 36.4 Å². The second kappa shape index (κ2) is 11.0. The van der Waals surface area contributed by atoms with E-state index >= 15 is 0 Å². The zero-order valence-corrected chi connectivity index (χ0v) is 11.6. The third-order valence-corrected chi connectivity index (χ3v) is 1.48. The van der Waals surface area contributed by atoms with Crippen molar-refractivity contribution in [1.82, 2.24) is 0 Å². The third-order valence-electron chi connectivity index (χ3n) is 1.48. The van der Waals surface area contributed by atoms with Gasteiger partial charge in [0.15, 0.2) is 0 Å². The van der Waals surface area contributed by atoms with Gasteiger partial charge in [0.2, 0.25) is 0 Å². The van der Waals surface area contributed by atoms with Gasteiger partial charge in [-0.3, -0.25) is 0 Å². The molecule has 0 atom stereocenters. The summed E-state index contributed by atoms with van der Waals surface area (Å²) in [5.74, 6) is 0.0532. The first kappa shape index (κ1) is 16.4. The van der Waals surface area contributed by atoms with Gasteiger partial charge in [0.1, 0.15) is 5.78 Å². The predicted octanol–water partition coefficient (Wildman–Crippen LogP) is 2.95. The Labute approximate surface area is 111 Å². The van der Waals surface area contributed by atoms with Gasteiger partial charge in [-0.15, -0.1) is 0 Å². The summed E-state index contributed by atoms with van der Waals surface area (Å²) in [4.78, 5) is 10.3. The van der Waals surface area contributed by atoms with E-state index in [1.165, 1.54) is 0 Å². The van der Waals surface area contributed by atoms with E-state index in [0.717, 1.165) is 0 Å². The maximum Gasteiger partial charge on any atom is 0.114 e. The SMILES string of the molecule is CC(C)C(=O)C[NH-].[Y].c1ccccc1. The van der Waals surface area contributed by atoms with Gasteiger partial charge >= 0.3 is 0 Å². The van der Waals surface area contributed by atoms with Crippen molar-refractivity contribution in [3.63, 3.8) is 0 Å². The van der Waals surface area contributed by atoms with Crippen molar-refractivity contribution in [3.8, 4) is 0 Å². The Balaban J connectivity index is 0. The molecule has 0 saturated carbocycles. The second-order valence-electron chi connectivity index (χ2n) is 2.95. The average Bonchev–Trinajstić information content (AvgIpc) is 2.20. The van der Waals surface area contributed by atoms with E-state index in [4.69, 9.17) is 5.73 Å². The van der Waals surface area contributed by atoms with Crippen LogP contribution in [0.25, 0.3) is 5.73 Å². The molecule has 0 spiro atoms. The van der Waals surface area contributed by atoms with Crippen LogP contribution in [-0.4, -0.2) is 12.3 Å². The summed E-state index contributed by atoms with van der Waals surface area (Å²) in [5, 5.41) is 0. The van der Waals surface area contributed by atoms with E-state index in [0.29, 0.717) is 0 Å². The summed E-state index contributed by atoms with van der Waals surface area (Å²) in [6, 6.07) is 12.0. The predicted molar refractivity (Wildman–Crippen MR) is 55.5 cm³/mol. The van der Waals surface area contributed by atoms with Crippen molar-refractivity contribution < 1.29 is 37.5 Å². The molecule has 0 aliphatic rings. The molecule has 75 valence electrons. The Bertz CT molecular complexity index is 197. The van der Waals surface area contributed by atoms with Gasteiger partial charge in [-0.2, -0.15) is 0 Å². The molecule has 0 aromatic heterocycles. The van der Waals surface area contributed by atoms with Crippen LogP contribution in [0.3, 0.4) is 0 Å². The molecule has 0 unspecified atom stereocenters. The number of carbonyl (C=O) groups excluding carboxylic acids is 1. The molecular weight excluding hydrogens is 251 g/mol. The third kappa shape index (κ3) is 10.0.